The van der Waals surface area contributed by atoms with Crippen molar-refractivity contribution in [1.29, 1.82) is 0 Å². The summed E-state index contributed by atoms with van der Waals surface area (Å²) in [4.78, 5) is 15.1. The molecule has 6 heteroatoms. The van der Waals surface area contributed by atoms with E-state index in [9.17, 15) is 9.18 Å². The van der Waals surface area contributed by atoms with E-state index in [1.165, 1.54) is 17.4 Å². The molecule has 2 aliphatic heterocycles. The van der Waals surface area contributed by atoms with Crippen molar-refractivity contribution in [3.05, 3.63) is 24.0 Å². The first-order chi connectivity index (χ1) is 10.2. The van der Waals surface area contributed by atoms with Crippen LogP contribution in [0.3, 0.4) is 0 Å². The largest absolute Gasteiger partial charge is 0.441 e. The number of aliphatic hydroxyl groups excluding tert-OH is 1. The summed E-state index contributed by atoms with van der Waals surface area (Å²) in [5.74, 6) is -0.324. The SMILES string of the molecule is O=C1O[C@@H](CO)CN1c1ccc(N2CCCCC2)c(F)c1. The van der Waals surface area contributed by atoms with E-state index in [0.717, 1.165) is 25.9 Å². The van der Waals surface area contributed by atoms with Crippen LogP contribution >= 0.6 is 0 Å². The van der Waals surface area contributed by atoms with Gasteiger partial charge in [0.25, 0.3) is 0 Å². The molecule has 114 valence electrons. The van der Waals surface area contributed by atoms with Gasteiger partial charge in [-0.2, -0.15) is 0 Å². The van der Waals surface area contributed by atoms with Crippen LogP contribution in [0.25, 0.3) is 0 Å². The van der Waals surface area contributed by atoms with E-state index < -0.39 is 12.2 Å². The number of carbonyl (C=O) groups is 1. The molecule has 0 unspecified atom stereocenters. The van der Waals surface area contributed by atoms with E-state index >= 15 is 0 Å². The van der Waals surface area contributed by atoms with Crippen LogP contribution in [-0.2, 0) is 4.74 Å². The van der Waals surface area contributed by atoms with Gasteiger partial charge in [0.2, 0.25) is 0 Å². The number of ether oxygens (including phenoxy) is 1. The first-order valence-electron chi connectivity index (χ1n) is 7.32. The normalized spacial score (nSPS) is 22.6. The number of carbonyl (C=O) groups excluding carboxylic acids is 1. The molecule has 0 bridgehead atoms. The molecule has 0 aliphatic carbocycles. The minimum absolute atomic E-state index is 0.226. The Hall–Kier alpha value is -1.82. The molecule has 21 heavy (non-hydrogen) atoms. The Morgan fingerprint density at radius 1 is 1.29 bits per heavy atom. The Labute approximate surface area is 122 Å². The lowest BCUT2D eigenvalue weighted by molar-refractivity contribution is 0.0963. The van der Waals surface area contributed by atoms with Crippen molar-refractivity contribution < 1.29 is 19.0 Å². The monoisotopic (exact) mass is 294 g/mol. The lowest BCUT2D eigenvalue weighted by Gasteiger charge is -2.29. The number of hydrogen-bond acceptors (Lipinski definition) is 4. The summed E-state index contributed by atoms with van der Waals surface area (Å²) in [6.07, 6.45) is 2.27. The zero-order chi connectivity index (χ0) is 14.8. The zero-order valence-electron chi connectivity index (χ0n) is 11.8. The van der Waals surface area contributed by atoms with Crippen molar-refractivity contribution in [2.45, 2.75) is 25.4 Å². The highest BCUT2D eigenvalue weighted by Crippen LogP contribution is 2.29. The fraction of sp³-hybridized carbons (Fsp3) is 0.533. The maximum absolute atomic E-state index is 14.3. The number of anilines is 2. The van der Waals surface area contributed by atoms with Gasteiger partial charge in [0, 0.05) is 13.1 Å². The Balaban J connectivity index is 1.79. The molecular formula is C15H19FN2O3. The van der Waals surface area contributed by atoms with Crippen LogP contribution in [0.1, 0.15) is 19.3 Å². The zero-order valence-corrected chi connectivity index (χ0v) is 11.8. The molecule has 1 amide bonds. The number of halogens is 1. The van der Waals surface area contributed by atoms with Gasteiger partial charge in [0.15, 0.2) is 0 Å². The van der Waals surface area contributed by atoms with Gasteiger partial charge in [-0.05, 0) is 37.5 Å². The Morgan fingerprint density at radius 2 is 2.05 bits per heavy atom. The molecule has 2 aliphatic rings. The van der Waals surface area contributed by atoms with Crippen molar-refractivity contribution in [3.8, 4) is 0 Å². The molecule has 1 aromatic carbocycles. The van der Waals surface area contributed by atoms with Gasteiger partial charge in [-0.1, -0.05) is 0 Å². The van der Waals surface area contributed by atoms with Crippen molar-refractivity contribution in [1.82, 2.24) is 0 Å². The Bertz CT molecular complexity index is 532. The van der Waals surface area contributed by atoms with Crippen LogP contribution in [0.4, 0.5) is 20.6 Å². The van der Waals surface area contributed by atoms with E-state index in [4.69, 9.17) is 9.84 Å². The fourth-order valence-electron chi connectivity index (χ4n) is 2.88. The molecular weight excluding hydrogens is 275 g/mol. The molecule has 1 aromatic rings. The van der Waals surface area contributed by atoms with Gasteiger partial charge >= 0.3 is 6.09 Å². The number of benzene rings is 1. The minimum atomic E-state index is -0.542. The average molecular weight is 294 g/mol. The maximum atomic E-state index is 14.3. The molecule has 2 fully saturated rings. The molecule has 0 saturated carbocycles. The predicted octanol–water partition coefficient (Wildman–Crippen LogP) is 2.13. The molecule has 0 spiro atoms. The smallest absolute Gasteiger partial charge is 0.414 e. The van der Waals surface area contributed by atoms with E-state index in [-0.39, 0.29) is 19.0 Å². The maximum Gasteiger partial charge on any atom is 0.414 e. The molecule has 0 radical (unpaired) electrons. The molecule has 1 N–H and O–H groups in total. The van der Waals surface area contributed by atoms with E-state index in [2.05, 4.69) is 0 Å². The molecule has 5 nitrogen and oxygen atoms in total. The molecule has 0 aromatic heterocycles. The van der Waals surface area contributed by atoms with Crippen LogP contribution in [-0.4, -0.2) is 43.5 Å². The summed E-state index contributed by atoms with van der Waals surface area (Å²) < 4.78 is 19.3. The van der Waals surface area contributed by atoms with Gasteiger partial charge in [0.1, 0.15) is 11.9 Å². The van der Waals surface area contributed by atoms with Gasteiger partial charge in [0.05, 0.1) is 24.5 Å². The van der Waals surface area contributed by atoms with Crippen LogP contribution in [0.2, 0.25) is 0 Å². The van der Waals surface area contributed by atoms with E-state index in [0.29, 0.717) is 11.4 Å². The third-order valence-electron chi connectivity index (χ3n) is 4.02. The van der Waals surface area contributed by atoms with Crippen molar-refractivity contribution in [2.24, 2.45) is 0 Å². The number of rotatable bonds is 3. The molecule has 3 rings (SSSR count). The van der Waals surface area contributed by atoms with Crippen molar-refractivity contribution in [2.75, 3.05) is 36.0 Å². The van der Waals surface area contributed by atoms with Gasteiger partial charge in [-0.25, -0.2) is 9.18 Å². The highest BCUT2D eigenvalue weighted by molar-refractivity contribution is 5.90. The fourth-order valence-corrected chi connectivity index (χ4v) is 2.88. The quantitative estimate of drug-likeness (QED) is 0.928. The molecule has 2 heterocycles. The lowest BCUT2D eigenvalue weighted by Crippen LogP contribution is -2.30. The molecule has 2 saturated heterocycles. The number of cyclic esters (lactones) is 1. The first-order valence-corrected chi connectivity index (χ1v) is 7.32. The Kier molecular flexibility index (Phi) is 3.96. The van der Waals surface area contributed by atoms with Gasteiger partial charge in [-0.3, -0.25) is 4.90 Å². The topological polar surface area (TPSA) is 53.0 Å². The third-order valence-corrected chi connectivity index (χ3v) is 4.02. The van der Waals surface area contributed by atoms with Crippen LogP contribution in [0, 0.1) is 5.82 Å². The highest BCUT2D eigenvalue weighted by Gasteiger charge is 2.32. The Morgan fingerprint density at radius 3 is 2.67 bits per heavy atom. The summed E-state index contributed by atoms with van der Waals surface area (Å²) in [6.45, 7) is 1.76. The number of amides is 1. The first kappa shape index (κ1) is 14.1. The average Bonchev–Trinajstić information content (AvgIpc) is 2.89. The van der Waals surface area contributed by atoms with Crippen LogP contribution in [0.5, 0.6) is 0 Å². The standard InChI is InChI=1S/C15H19FN2O3/c16-13-8-11(18-9-12(10-19)21-15(18)20)4-5-14(13)17-6-2-1-3-7-17/h4-5,8,12,19H,1-3,6-7,9-10H2/t12-/m1/s1. The summed E-state index contributed by atoms with van der Waals surface area (Å²) in [6, 6.07) is 4.81. The second kappa shape index (κ2) is 5.89. The van der Waals surface area contributed by atoms with Crippen molar-refractivity contribution in [3.63, 3.8) is 0 Å². The summed E-state index contributed by atoms with van der Waals surface area (Å²) in [7, 11) is 0. The third kappa shape index (κ3) is 2.81. The van der Waals surface area contributed by atoms with Gasteiger partial charge in [-0.15, -0.1) is 0 Å². The van der Waals surface area contributed by atoms with E-state index in [1.807, 2.05) is 4.90 Å². The second-order valence-electron chi connectivity index (χ2n) is 5.48. The summed E-state index contributed by atoms with van der Waals surface area (Å²) in [5, 5.41) is 9.03. The minimum Gasteiger partial charge on any atom is -0.441 e. The number of aliphatic hydroxyl groups is 1. The predicted molar refractivity (Wildman–Crippen MR) is 77.2 cm³/mol. The highest BCUT2D eigenvalue weighted by atomic mass is 19.1. The number of nitrogens with zero attached hydrogens (tertiary/aromatic N) is 2. The van der Waals surface area contributed by atoms with Crippen LogP contribution < -0.4 is 9.80 Å². The van der Waals surface area contributed by atoms with E-state index in [1.54, 1.807) is 12.1 Å². The molecule has 1 atom stereocenters. The summed E-state index contributed by atoms with van der Waals surface area (Å²) in [5.41, 5.74) is 1.05. The van der Waals surface area contributed by atoms with Crippen LogP contribution in [0.15, 0.2) is 18.2 Å². The number of hydrogen-bond donors (Lipinski definition) is 1. The summed E-state index contributed by atoms with van der Waals surface area (Å²) >= 11 is 0. The lowest BCUT2D eigenvalue weighted by atomic mass is 10.1. The van der Waals surface area contributed by atoms with Crippen molar-refractivity contribution >= 4 is 17.5 Å². The van der Waals surface area contributed by atoms with Gasteiger partial charge < -0.3 is 14.7 Å². The second-order valence-corrected chi connectivity index (χ2v) is 5.48. The number of piperidine rings is 1.